The van der Waals surface area contributed by atoms with Gasteiger partial charge in [0, 0.05) is 12.2 Å². The van der Waals surface area contributed by atoms with Gasteiger partial charge in [-0.15, -0.1) is 0 Å². The minimum atomic E-state index is -0.288. The fourth-order valence-corrected chi connectivity index (χ4v) is 2.93. The number of amides is 2. The van der Waals surface area contributed by atoms with E-state index < -0.39 is 0 Å². The van der Waals surface area contributed by atoms with Gasteiger partial charge in [0.2, 0.25) is 5.91 Å². The van der Waals surface area contributed by atoms with Crippen LogP contribution in [0.2, 0.25) is 0 Å². The minimum Gasteiger partial charge on any atom is -0.459 e. The van der Waals surface area contributed by atoms with Gasteiger partial charge in [0.1, 0.15) is 0 Å². The van der Waals surface area contributed by atoms with Gasteiger partial charge in [0.25, 0.3) is 5.91 Å². The Morgan fingerprint density at radius 3 is 2.72 bits per heavy atom. The van der Waals surface area contributed by atoms with E-state index in [0.717, 1.165) is 24.9 Å². The summed E-state index contributed by atoms with van der Waals surface area (Å²) in [6.45, 7) is 3.54. The molecule has 3 N–H and O–H groups in total. The minimum absolute atomic E-state index is 0.0433. The van der Waals surface area contributed by atoms with Crippen molar-refractivity contribution in [2.75, 3.05) is 11.9 Å². The molecule has 6 heteroatoms. The van der Waals surface area contributed by atoms with Crippen LogP contribution in [0.15, 0.2) is 47.1 Å². The molecule has 132 valence electrons. The van der Waals surface area contributed by atoms with Gasteiger partial charge in [-0.3, -0.25) is 9.59 Å². The van der Waals surface area contributed by atoms with Crippen molar-refractivity contribution in [3.63, 3.8) is 0 Å². The number of rotatable bonds is 5. The van der Waals surface area contributed by atoms with Crippen LogP contribution in [-0.4, -0.2) is 24.4 Å². The standard InChI is InChI=1S/C19H23N3O3/c1-13-8-9-20-16(11-13)18(23)21-12-14-4-6-15(7-5-14)22-19(24)17-3-2-10-25-17/h2-7,10,13,16,20H,8-9,11-12H2,1H3,(H,21,23)(H,22,24). The zero-order valence-corrected chi connectivity index (χ0v) is 14.2. The van der Waals surface area contributed by atoms with E-state index in [0.29, 0.717) is 18.2 Å². The van der Waals surface area contributed by atoms with Crippen molar-refractivity contribution in [3.05, 3.63) is 54.0 Å². The molecule has 6 nitrogen and oxygen atoms in total. The molecule has 0 bridgehead atoms. The van der Waals surface area contributed by atoms with Crippen molar-refractivity contribution in [3.8, 4) is 0 Å². The molecule has 2 unspecified atom stereocenters. The Hall–Kier alpha value is -2.60. The Morgan fingerprint density at radius 1 is 1.24 bits per heavy atom. The van der Waals surface area contributed by atoms with E-state index in [2.05, 4.69) is 22.9 Å². The number of nitrogens with one attached hydrogen (secondary N) is 3. The molecule has 3 rings (SSSR count). The molecule has 1 aromatic carbocycles. The van der Waals surface area contributed by atoms with Crippen LogP contribution in [0.3, 0.4) is 0 Å². The number of carbonyl (C=O) groups excluding carboxylic acids is 2. The van der Waals surface area contributed by atoms with Crippen molar-refractivity contribution in [1.29, 1.82) is 0 Å². The number of carbonyl (C=O) groups is 2. The summed E-state index contributed by atoms with van der Waals surface area (Å²) in [5.41, 5.74) is 1.66. The summed E-state index contributed by atoms with van der Waals surface area (Å²) in [5.74, 6) is 0.602. The number of benzene rings is 1. The summed E-state index contributed by atoms with van der Waals surface area (Å²) < 4.78 is 5.06. The van der Waals surface area contributed by atoms with E-state index in [1.165, 1.54) is 6.26 Å². The number of piperidine rings is 1. The van der Waals surface area contributed by atoms with Gasteiger partial charge in [-0.05, 0) is 55.1 Å². The highest BCUT2D eigenvalue weighted by Crippen LogP contribution is 2.15. The van der Waals surface area contributed by atoms with Crippen molar-refractivity contribution in [2.24, 2.45) is 5.92 Å². The Bertz CT molecular complexity index is 710. The molecule has 1 aliphatic rings. The van der Waals surface area contributed by atoms with E-state index in [4.69, 9.17) is 4.42 Å². The second kappa shape index (κ2) is 7.98. The molecule has 2 aromatic rings. The molecule has 0 radical (unpaired) electrons. The molecular weight excluding hydrogens is 318 g/mol. The zero-order chi connectivity index (χ0) is 17.6. The fraction of sp³-hybridized carbons (Fsp3) is 0.368. The second-order valence-electron chi connectivity index (χ2n) is 6.48. The summed E-state index contributed by atoms with van der Waals surface area (Å²) in [6.07, 6.45) is 3.46. The SMILES string of the molecule is CC1CCNC(C(=O)NCc2ccc(NC(=O)c3ccco3)cc2)C1. The summed E-state index contributed by atoms with van der Waals surface area (Å²) >= 11 is 0. The molecule has 1 fully saturated rings. The maximum absolute atomic E-state index is 12.2. The molecule has 1 saturated heterocycles. The smallest absolute Gasteiger partial charge is 0.291 e. The predicted octanol–water partition coefficient (Wildman–Crippen LogP) is 2.54. The lowest BCUT2D eigenvalue weighted by atomic mass is 9.94. The van der Waals surface area contributed by atoms with Crippen molar-refractivity contribution in [2.45, 2.75) is 32.4 Å². The normalized spacial score (nSPS) is 20.0. The Balaban J connectivity index is 1.49. The van der Waals surface area contributed by atoms with Crippen LogP contribution < -0.4 is 16.0 Å². The van der Waals surface area contributed by atoms with Crippen molar-refractivity contribution < 1.29 is 14.0 Å². The average molecular weight is 341 g/mol. The lowest BCUT2D eigenvalue weighted by Gasteiger charge is -2.27. The molecule has 2 amide bonds. The number of furan rings is 1. The molecule has 0 aliphatic carbocycles. The monoisotopic (exact) mass is 341 g/mol. The van der Waals surface area contributed by atoms with Gasteiger partial charge in [0.15, 0.2) is 5.76 Å². The van der Waals surface area contributed by atoms with Crippen LogP contribution in [0.4, 0.5) is 5.69 Å². The van der Waals surface area contributed by atoms with Gasteiger partial charge in [-0.25, -0.2) is 0 Å². The predicted molar refractivity (Wildman–Crippen MR) is 95.1 cm³/mol. The first-order valence-corrected chi connectivity index (χ1v) is 8.56. The molecular formula is C19H23N3O3. The molecule has 25 heavy (non-hydrogen) atoms. The van der Waals surface area contributed by atoms with Crippen molar-refractivity contribution in [1.82, 2.24) is 10.6 Å². The third kappa shape index (κ3) is 4.70. The average Bonchev–Trinajstić information content (AvgIpc) is 3.16. The number of anilines is 1. The largest absolute Gasteiger partial charge is 0.459 e. The van der Waals surface area contributed by atoms with Crippen LogP contribution in [0.1, 0.15) is 35.9 Å². The maximum Gasteiger partial charge on any atom is 0.291 e. The quantitative estimate of drug-likeness (QED) is 0.780. The Kier molecular flexibility index (Phi) is 5.50. The van der Waals surface area contributed by atoms with Gasteiger partial charge >= 0.3 is 0 Å². The lowest BCUT2D eigenvalue weighted by Crippen LogP contribution is -2.48. The molecule has 1 aromatic heterocycles. The van der Waals surface area contributed by atoms with E-state index >= 15 is 0 Å². The van der Waals surface area contributed by atoms with Gasteiger partial charge in [-0.2, -0.15) is 0 Å². The topological polar surface area (TPSA) is 83.4 Å². The molecule has 2 atom stereocenters. The van der Waals surface area contributed by atoms with E-state index in [1.807, 2.05) is 24.3 Å². The van der Waals surface area contributed by atoms with Gasteiger partial charge in [0.05, 0.1) is 12.3 Å². The highest BCUT2D eigenvalue weighted by atomic mass is 16.3. The Morgan fingerprint density at radius 2 is 2.04 bits per heavy atom. The first-order chi connectivity index (χ1) is 12.1. The summed E-state index contributed by atoms with van der Waals surface area (Å²) in [6, 6.07) is 10.6. The van der Waals surface area contributed by atoms with Gasteiger partial charge < -0.3 is 20.4 Å². The maximum atomic E-state index is 12.2. The highest BCUT2D eigenvalue weighted by molar-refractivity contribution is 6.02. The molecule has 0 spiro atoms. The highest BCUT2D eigenvalue weighted by Gasteiger charge is 2.24. The first-order valence-electron chi connectivity index (χ1n) is 8.56. The molecule has 0 saturated carbocycles. The van der Waals surface area contributed by atoms with Gasteiger partial charge in [-0.1, -0.05) is 19.1 Å². The van der Waals surface area contributed by atoms with E-state index in [1.54, 1.807) is 12.1 Å². The Labute approximate surface area is 147 Å². The molecule has 1 aliphatic heterocycles. The summed E-state index contributed by atoms with van der Waals surface area (Å²) in [7, 11) is 0. The zero-order valence-electron chi connectivity index (χ0n) is 14.2. The van der Waals surface area contributed by atoms with E-state index in [-0.39, 0.29) is 23.6 Å². The number of hydrogen-bond acceptors (Lipinski definition) is 4. The third-order valence-corrected chi connectivity index (χ3v) is 4.41. The number of hydrogen-bond donors (Lipinski definition) is 3. The third-order valence-electron chi connectivity index (χ3n) is 4.41. The van der Waals surface area contributed by atoms with Crippen LogP contribution in [-0.2, 0) is 11.3 Å². The first kappa shape index (κ1) is 17.2. The van der Waals surface area contributed by atoms with Crippen LogP contribution >= 0.6 is 0 Å². The second-order valence-corrected chi connectivity index (χ2v) is 6.48. The van der Waals surface area contributed by atoms with Crippen LogP contribution in [0, 0.1) is 5.92 Å². The van der Waals surface area contributed by atoms with Crippen LogP contribution in [0.25, 0.3) is 0 Å². The van der Waals surface area contributed by atoms with Crippen LogP contribution in [0.5, 0.6) is 0 Å². The summed E-state index contributed by atoms with van der Waals surface area (Å²) in [5, 5.41) is 8.99. The summed E-state index contributed by atoms with van der Waals surface area (Å²) in [4.78, 5) is 24.1. The molecule has 2 heterocycles. The van der Waals surface area contributed by atoms with Crippen molar-refractivity contribution >= 4 is 17.5 Å². The van der Waals surface area contributed by atoms with E-state index in [9.17, 15) is 9.59 Å². The lowest BCUT2D eigenvalue weighted by molar-refractivity contribution is -0.124. The fourth-order valence-electron chi connectivity index (χ4n) is 2.93.